The van der Waals surface area contributed by atoms with E-state index in [4.69, 9.17) is 9.47 Å². The van der Waals surface area contributed by atoms with Crippen LogP contribution in [0.15, 0.2) is 41.3 Å². The van der Waals surface area contributed by atoms with Gasteiger partial charge >= 0.3 is 0 Å². The molecule has 0 aromatic heterocycles. The van der Waals surface area contributed by atoms with Crippen LogP contribution >= 0.6 is 0 Å². The molecular formula is C18H19NO4S. The third-order valence-corrected chi connectivity index (χ3v) is 5.85. The van der Waals surface area contributed by atoms with Crippen LogP contribution in [0.1, 0.15) is 23.1 Å². The summed E-state index contributed by atoms with van der Waals surface area (Å²) in [4.78, 5) is 0.188. The molecular weight excluding hydrogens is 326 g/mol. The lowest BCUT2D eigenvalue weighted by Gasteiger charge is -2.19. The maximum Gasteiger partial charge on any atom is 0.241 e. The molecule has 6 heteroatoms. The van der Waals surface area contributed by atoms with Crippen LogP contribution < -0.4 is 14.2 Å². The van der Waals surface area contributed by atoms with Crippen LogP contribution in [-0.2, 0) is 29.4 Å². The number of fused-ring (bicyclic) bond motifs is 2. The van der Waals surface area contributed by atoms with Crippen molar-refractivity contribution in [3.63, 3.8) is 0 Å². The number of benzene rings is 2. The predicted molar refractivity (Wildman–Crippen MR) is 89.9 cm³/mol. The molecule has 4 rings (SSSR count). The molecule has 5 nitrogen and oxygen atoms in total. The number of hydrogen-bond donors (Lipinski definition) is 1. The zero-order valence-electron chi connectivity index (χ0n) is 13.2. The molecule has 0 unspecified atom stereocenters. The van der Waals surface area contributed by atoms with E-state index in [1.165, 1.54) is 23.6 Å². The smallest absolute Gasteiger partial charge is 0.241 e. The van der Waals surface area contributed by atoms with E-state index in [0.717, 1.165) is 18.4 Å². The number of aryl methyl sites for hydroxylation is 2. The number of hydrogen-bond acceptors (Lipinski definition) is 4. The predicted octanol–water partition coefficient (Wildman–Crippen LogP) is 2.43. The van der Waals surface area contributed by atoms with Crippen LogP contribution in [0.2, 0.25) is 0 Å². The van der Waals surface area contributed by atoms with Gasteiger partial charge in [-0.15, -0.1) is 0 Å². The van der Waals surface area contributed by atoms with Crippen molar-refractivity contribution in [3.8, 4) is 11.5 Å². The second kappa shape index (κ2) is 6.11. The van der Waals surface area contributed by atoms with Crippen molar-refractivity contribution in [2.45, 2.75) is 30.7 Å². The van der Waals surface area contributed by atoms with Crippen molar-refractivity contribution in [2.75, 3.05) is 13.2 Å². The Bertz CT molecular complexity index is 877. The molecule has 1 aliphatic carbocycles. The van der Waals surface area contributed by atoms with Crippen LogP contribution in [0.3, 0.4) is 0 Å². The lowest BCUT2D eigenvalue weighted by Crippen LogP contribution is -2.24. The van der Waals surface area contributed by atoms with Gasteiger partial charge in [-0.1, -0.05) is 18.2 Å². The topological polar surface area (TPSA) is 64.6 Å². The van der Waals surface area contributed by atoms with E-state index in [1.807, 2.05) is 6.07 Å². The Kier molecular flexibility index (Phi) is 3.94. The summed E-state index contributed by atoms with van der Waals surface area (Å²) < 4.78 is 38.6. The number of rotatable bonds is 4. The molecule has 0 spiro atoms. The molecule has 0 atom stereocenters. The highest BCUT2D eigenvalue weighted by atomic mass is 32.2. The molecule has 2 aliphatic rings. The fourth-order valence-electron chi connectivity index (χ4n) is 3.19. The lowest BCUT2D eigenvalue weighted by atomic mass is 10.1. The molecule has 1 heterocycles. The summed E-state index contributed by atoms with van der Waals surface area (Å²) in [6.07, 6.45) is 3.39. The van der Waals surface area contributed by atoms with E-state index >= 15 is 0 Å². The first kappa shape index (κ1) is 15.5. The summed E-state index contributed by atoms with van der Waals surface area (Å²) >= 11 is 0. The van der Waals surface area contributed by atoms with E-state index in [1.54, 1.807) is 12.1 Å². The fourth-order valence-corrected chi connectivity index (χ4v) is 4.22. The van der Waals surface area contributed by atoms with E-state index in [2.05, 4.69) is 16.9 Å². The van der Waals surface area contributed by atoms with E-state index in [0.29, 0.717) is 24.7 Å². The van der Waals surface area contributed by atoms with Gasteiger partial charge in [-0.2, -0.15) is 0 Å². The molecule has 0 amide bonds. The average Bonchev–Trinajstić information content (AvgIpc) is 3.07. The van der Waals surface area contributed by atoms with Gasteiger partial charge in [0.15, 0.2) is 11.5 Å². The zero-order valence-corrected chi connectivity index (χ0v) is 14.1. The second-order valence-electron chi connectivity index (χ2n) is 6.09. The van der Waals surface area contributed by atoms with Crippen molar-refractivity contribution in [2.24, 2.45) is 0 Å². The van der Waals surface area contributed by atoms with Crippen molar-refractivity contribution in [3.05, 3.63) is 53.1 Å². The summed E-state index contributed by atoms with van der Waals surface area (Å²) in [5.74, 6) is 1.06. The zero-order chi connectivity index (χ0) is 16.6. The van der Waals surface area contributed by atoms with Gasteiger partial charge in [0.25, 0.3) is 0 Å². The Hall–Kier alpha value is -2.05. The van der Waals surface area contributed by atoms with Gasteiger partial charge in [-0.3, -0.25) is 0 Å². The van der Waals surface area contributed by atoms with Crippen molar-refractivity contribution < 1.29 is 17.9 Å². The average molecular weight is 345 g/mol. The monoisotopic (exact) mass is 345 g/mol. The molecule has 0 saturated carbocycles. The summed E-state index contributed by atoms with van der Waals surface area (Å²) in [6.45, 7) is 1.19. The van der Waals surface area contributed by atoms with Crippen LogP contribution in [0.25, 0.3) is 0 Å². The summed E-state index contributed by atoms with van der Waals surface area (Å²) in [6, 6.07) is 10.9. The minimum absolute atomic E-state index is 0.188. The first-order chi connectivity index (χ1) is 11.6. The Morgan fingerprint density at radius 2 is 1.71 bits per heavy atom. The second-order valence-corrected chi connectivity index (χ2v) is 7.85. The Morgan fingerprint density at radius 1 is 0.917 bits per heavy atom. The molecule has 2 aromatic rings. The fraction of sp³-hybridized carbons (Fsp3) is 0.333. The highest BCUT2D eigenvalue weighted by Crippen LogP contribution is 2.32. The number of nitrogens with one attached hydrogen (secondary N) is 1. The molecule has 1 aliphatic heterocycles. The maximum absolute atomic E-state index is 12.5. The van der Waals surface area contributed by atoms with Crippen LogP contribution in [0.5, 0.6) is 11.5 Å². The molecule has 24 heavy (non-hydrogen) atoms. The number of ether oxygens (including phenoxy) is 2. The highest BCUT2D eigenvalue weighted by molar-refractivity contribution is 7.89. The molecule has 0 fully saturated rings. The summed E-state index contributed by atoms with van der Waals surface area (Å²) in [7, 11) is -3.59. The summed E-state index contributed by atoms with van der Waals surface area (Å²) in [5, 5.41) is 0. The van der Waals surface area contributed by atoms with E-state index in [-0.39, 0.29) is 11.4 Å². The molecule has 126 valence electrons. The van der Waals surface area contributed by atoms with E-state index < -0.39 is 10.0 Å². The third kappa shape index (κ3) is 2.99. The molecule has 2 aromatic carbocycles. The van der Waals surface area contributed by atoms with Crippen molar-refractivity contribution >= 4 is 10.0 Å². The summed E-state index contributed by atoms with van der Waals surface area (Å²) in [5.41, 5.74) is 3.70. The largest absolute Gasteiger partial charge is 0.486 e. The van der Waals surface area contributed by atoms with Crippen LogP contribution in [0.4, 0.5) is 0 Å². The lowest BCUT2D eigenvalue weighted by molar-refractivity contribution is 0.171. The standard InChI is InChI=1S/C18H19NO4S/c20-24(21,16-6-7-17-18(11-16)23-9-8-22-17)19-12-13-4-5-14-2-1-3-15(14)10-13/h4-7,10-11,19H,1-3,8-9,12H2. The maximum atomic E-state index is 12.5. The van der Waals surface area contributed by atoms with Gasteiger partial charge in [-0.05, 0) is 48.1 Å². The molecule has 0 saturated heterocycles. The molecule has 1 N–H and O–H groups in total. The van der Waals surface area contributed by atoms with E-state index in [9.17, 15) is 8.42 Å². The highest BCUT2D eigenvalue weighted by Gasteiger charge is 2.19. The quantitative estimate of drug-likeness (QED) is 0.924. The molecule has 0 radical (unpaired) electrons. The minimum Gasteiger partial charge on any atom is -0.486 e. The molecule has 0 bridgehead atoms. The normalized spacial score (nSPS) is 16.0. The Balaban J connectivity index is 1.51. The van der Waals surface area contributed by atoms with Crippen molar-refractivity contribution in [1.29, 1.82) is 0 Å². The SMILES string of the molecule is O=S(=O)(NCc1ccc2c(c1)CCC2)c1ccc2c(c1)OCCO2. The number of sulfonamides is 1. The Labute approximate surface area is 141 Å². The van der Waals surface area contributed by atoms with Crippen LogP contribution in [-0.4, -0.2) is 21.6 Å². The van der Waals surface area contributed by atoms with Gasteiger partial charge < -0.3 is 9.47 Å². The first-order valence-electron chi connectivity index (χ1n) is 8.12. The first-order valence-corrected chi connectivity index (χ1v) is 9.60. The Morgan fingerprint density at radius 3 is 2.58 bits per heavy atom. The van der Waals surface area contributed by atoms with Gasteiger partial charge in [-0.25, -0.2) is 13.1 Å². The minimum atomic E-state index is -3.59. The van der Waals surface area contributed by atoms with Gasteiger partial charge in [0.1, 0.15) is 13.2 Å². The van der Waals surface area contributed by atoms with Gasteiger partial charge in [0.05, 0.1) is 4.90 Å². The van der Waals surface area contributed by atoms with Crippen LogP contribution in [0, 0.1) is 0 Å². The third-order valence-electron chi connectivity index (χ3n) is 4.45. The van der Waals surface area contributed by atoms with Gasteiger partial charge in [0, 0.05) is 12.6 Å². The van der Waals surface area contributed by atoms with Gasteiger partial charge in [0.2, 0.25) is 10.0 Å². The van der Waals surface area contributed by atoms with Crippen molar-refractivity contribution in [1.82, 2.24) is 4.72 Å².